The normalized spacial score (nSPS) is 19.0. The summed E-state index contributed by atoms with van der Waals surface area (Å²) < 4.78 is 5.16. The number of anilines is 2. The lowest BCUT2D eigenvalue weighted by molar-refractivity contribution is 0.241. The molecule has 0 bridgehead atoms. The van der Waals surface area contributed by atoms with Crippen LogP contribution in [-0.2, 0) is 6.54 Å². The standard InChI is InChI=1S/C18H26N6O/c1-14-11-16(21-25-14)13-22-7-9-24(10-8-22)18-12-17(19-15(2)20-18)23-5-3-4-6-23/h11-12H,3-10,13H2,1-2H3. The molecule has 7 heteroatoms. The van der Waals surface area contributed by atoms with Crippen LogP contribution in [0.1, 0.15) is 30.1 Å². The highest BCUT2D eigenvalue weighted by atomic mass is 16.5. The van der Waals surface area contributed by atoms with Crippen LogP contribution in [0.15, 0.2) is 16.7 Å². The van der Waals surface area contributed by atoms with Crippen molar-refractivity contribution in [2.75, 3.05) is 49.1 Å². The van der Waals surface area contributed by atoms with Crippen LogP contribution >= 0.6 is 0 Å². The molecule has 0 atom stereocenters. The van der Waals surface area contributed by atoms with Gasteiger partial charge in [-0.25, -0.2) is 9.97 Å². The van der Waals surface area contributed by atoms with Crippen molar-refractivity contribution >= 4 is 11.6 Å². The van der Waals surface area contributed by atoms with Crippen LogP contribution in [0, 0.1) is 13.8 Å². The molecule has 4 rings (SSSR count). The zero-order chi connectivity index (χ0) is 17.2. The third kappa shape index (κ3) is 3.76. The first kappa shape index (κ1) is 16.3. The molecule has 2 fully saturated rings. The molecule has 2 aromatic heterocycles. The Morgan fingerprint density at radius 3 is 2.12 bits per heavy atom. The first-order valence-corrected chi connectivity index (χ1v) is 9.17. The number of piperazine rings is 1. The van der Waals surface area contributed by atoms with Gasteiger partial charge in [-0.15, -0.1) is 0 Å². The van der Waals surface area contributed by atoms with Crippen molar-refractivity contribution in [2.24, 2.45) is 0 Å². The maximum absolute atomic E-state index is 5.16. The molecule has 0 N–H and O–H groups in total. The topological polar surface area (TPSA) is 61.5 Å². The third-order valence-electron chi connectivity index (χ3n) is 5.00. The van der Waals surface area contributed by atoms with Gasteiger partial charge >= 0.3 is 0 Å². The minimum Gasteiger partial charge on any atom is -0.361 e. The van der Waals surface area contributed by atoms with E-state index in [2.05, 4.69) is 35.9 Å². The van der Waals surface area contributed by atoms with Crippen LogP contribution in [0.4, 0.5) is 11.6 Å². The number of rotatable bonds is 4. The van der Waals surface area contributed by atoms with Crippen molar-refractivity contribution in [3.8, 4) is 0 Å². The van der Waals surface area contributed by atoms with Crippen LogP contribution in [0.25, 0.3) is 0 Å². The van der Waals surface area contributed by atoms with E-state index in [0.29, 0.717) is 0 Å². The Balaban J connectivity index is 1.40. The molecule has 2 saturated heterocycles. The van der Waals surface area contributed by atoms with Gasteiger partial charge < -0.3 is 14.3 Å². The van der Waals surface area contributed by atoms with E-state index in [9.17, 15) is 0 Å². The van der Waals surface area contributed by atoms with E-state index in [0.717, 1.165) is 74.7 Å². The molecule has 0 amide bonds. The van der Waals surface area contributed by atoms with Gasteiger partial charge in [0, 0.05) is 57.9 Å². The van der Waals surface area contributed by atoms with Gasteiger partial charge in [0.25, 0.3) is 0 Å². The molecule has 0 aliphatic carbocycles. The molecule has 0 aromatic carbocycles. The summed E-state index contributed by atoms with van der Waals surface area (Å²) in [5.41, 5.74) is 1.01. The Morgan fingerprint density at radius 1 is 0.880 bits per heavy atom. The molecule has 0 radical (unpaired) electrons. The predicted molar refractivity (Wildman–Crippen MR) is 96.9 cm³/mol. The van der Waals surface area contributed by atoms with Crippen molar-refractivity contribution in [1.82, 2.24) is 20.0 Å². The number of hydrogen-bond donors (Lipinski definition) is 0. The first-order valence-electron chi connectivity index (χ1n) is 9.17. The third-order valence-corrected chi connectivity index (χ3v) is 5.00. The lowest BCUT2D eigenvalue weighted by Gasteiger charge is -2.35. The average molecular weight is 342 g/mol. The molecule has 2 aliphatic heterocycles. The van der Waals surface area contributed by atoms with Gasteiger partial charge in [0.15, 0.2) is 0 Å². The summed E-state index contributed by atoms with van der Waals surface area (Å²) in [7, 11) is 0. The maximum atomic E-state index is 5.16. The Morgan fingerprint density at radius 2 is 1.52 bits per heavy atom. The van der Waals surface area contributed by atoms with E-state index in [1.807, 2.05) is 19.9 Å². The highest BCUT2D eigenvalue weighted by Gasteiger charge is 2.21. The largest absolute Gasteiger partial charge is 0.361 e. The van der Waals surface area contributed by atoms with Gasteiger partial charge in [-0.2, -0.15) is 0 Å². The quantitative estimate of drug-likeness (QED) is 0.842. The van der Waals surface area contributed by atoms with Crippen molar-refractivity contribution in [1.29, 1.82) is 0 Å². The zero-order valence-corrected chi connectivity index (χ0v) is 15.1. The first-order chi connectivity index (χ1) is 12.2. The predicted octanol–water partition coefficient (Wildman–Crippen LogP) is 2.00. The SMILES string of the molecule is Cc1nc(N2CCCC2)cc(N2CCN(Cc3cc(C)on3)CC2)n1. The fraction of sp³-hybridized carbons (Fsp3) is 0.611. The molecule has 2 aliphatic rings. The highest BCUT2D eigenvalue weighted by molar-refractivity contribution is 5.51. The van der Waals surface area contributed by atoms with Gasteiger partial charge in [-0.1, -0.05) is 5.16 Å². The fourth-order valence-corrected chi connectivity index (χ4v) is 3.66. The summed E-state index contributed by atoms with van der Waals surface area (Å²) in [6.45, 7) is 11.0. The van der Waals surface area contributed by atoms with Crippen molar-refractivity contribution in [3.63, 3.8) is 0 Å². The van der Waals surface area contributed by atoms with Gasteiger partial charge in [-0.3, -0.25) is 4.90 Å². The summed E-state index contributed by atoms with van der Waals surface area (Å²) in [5.74, 6) is 3.88. The van der Waals surface area contributed by atoms with Crippen LogP contribution in [-0.4, -0.2) is 59.3 Å². The smallest absolute Gasteiger partial charge is 0.134 e. The zero-order valence-electron chi connectivity index (χ0n) is 15.1. The Bertz CT molecular complexity index is 716. The minimum atomic E-state index is 0.854. The lowest BCUT2D eigenvalue weighted by atomic mass is 10.2. The van der Waals surface area contributed by atoms with E-state index in [1.165, 1.54) is 12.8 Å². The molecular formula is C18H26N6O. The van der Waals surface area contributed by atoms with Gasteiger partial charge in [-0.05, 0) is 26.7 Å². The Kier molecular flexibility index (Phi) is 4.57. The molecule has 0 saturated carbocycles. The van der Waals surface area contributed by atoms with E-state index < -0.39 is 0 Å². The molecule has 0 unspecified atom stereocenters. The highest BCUT2D eigenvalue weighted by Crippen LogP contribution is 2.23. The lowest BCUT2D eigenvalue weighted by Crippen LogP contribution is -2.46. The monoisotopic (exact) mass is 342 g/mol. The fourth-order valence-electron chi connectivity index (χ4n) is 3.66. The molecule has 0 spiro atoms. The molecule has 134 valence electrons. The van der Waals surface area contributed by atoms with Crippen LogP contribution in [0.5, 0.6) is 0 Å². The van der Waals surface area contributed by atoms with Crippen molar-refractivity contribution in [2.45, 2.75) is 33.2 Å². The Labute approximate surface area is 148 Å². The summed E-state index contributed by atoms with van der Waals surface area (Å²) in [4.78, 5) is 16.5. The van der Waals surface area contributed by atoms with E-state index >= 15 is 0 Å². The molecule has 7 nitrogen and oxygen atoms in total. The molecular weight excluding hydrogens is 316 g/mol. The average Bonchev–Trinajstić information content (AvgIpc) is 3.27. The van der Waals surface area contributed by atoms with Crippen molar-refractivity contribution < 1.29 is 4.52 Å². The Hall–Kier alpha value is -2.15. The second-order valence-corrected chi connectivity index (χ2v) is 7.02. The van der Waals surface area contributed by atoms with E-state index in [4.69, 9.17) is 4.52 Å². The van der Waals surface area contributed by atoms with Gasteiger partial charge in [0.2, 0.25) is 0 Å². The second-order valence-electron chi connectivity index (χ2n) is 7.02. The number of hydrogen-bond acceptors (Lipinski definition) is 7. The molecule has 4 heterocycles. The maximum Gasteiger partial charge on any atom is 0.134 e. The number of aromatic nitrogens is 3. The summed E-state index contributed by atoms with van der Waals surface area (Å²) in [6.07, 6.45) is 2.52. The van der Waals surface area contributed by atoms with Crippen LogP contribution < -0.4 is 9.80 Å². The summed E-state index contributed by atoms with van der Waals surface area (Å²) >= 11 is 0. The van der Waals surface area contributed by atoms with Gasteiger partial charge in [0.05, 0.1) is 5.69 Å². The second kappa shape index (κ2) is 7.00. The van der Waals surface area contributed by atoms with Gasteiger partial charge in [0.1, 0.15) is 23.2 Å². The number of nitrogens with zero attached hydrogens (tertiary/aromatic N) is 6. The number of aryl methyl sites for hydroxylation is 2. The van der Waals surface area contributed by atoms with Crippen LogP contribution in [0.2, 0.25) is 0 Å². The minimum absolute atomic E-state index is 0.854. The summed E-state index contributed by atoms with van der Waals surface area (Å²) in [5, 5.41) is 4.10. The van der Waals surface area contributed by atoms with Crippen molar-refractivity contribution in [3.05, 3.63) is 29.4 Å². The van der Waals surface area contributed by atoms with Crippen LogP contribution in [0.3, 0.4) is 0 Å². The van der Waals surface area contributed by atoms with E-state index in [-0.39, 0.29) is 0 Å². The molecule has 2 aromatic rings. The molecule has 25 heavy (non-hydrogen) atoms. The van der Waals surface area contributed by atoms with E-state index in [1.54, 1.807) is 0 Å². The summed E-state index contributed by atoms with van der Waals surface area (Å²) in [6, 6.07) is 4.18.